The number of hydrogen-bond donors (Lipinski definition) is 2. The summed E-state index contributed by atoms with van der Waals surface area (Å²) in [7, 11) is 1.62. The van der Waals surface area contributed by atoms with Crippen LogP contribution in [0.25, 0.3) is 0 Å². The Morgan fingerprint density at radius 1 is 1.36 bits per heavy atom. The summed E-state index contributed by atoms with van der Waals surface area (Å²) in [4.78, 5) is 12.5. The average Bonchev–Trinajstić information content (AvgIpc) is 3.24. The van der Waals surface area contributed by atoms with E-state index in [1.165, 1.54) is 0 Å². The predicted molar refractivity (Wildman–Crippen MR) is 108 cm³/mol. The van der Waals surface area contributed by atoms with Crippen molar-refractivity contribution in [1.29, 1.82) is 0 Å². The zero-order valence-electron chi connectivity index (χ0n) is 16.7. The highest BCUT2D eigenvalue weighted by molar-refractivity contribution is 5.92. The molecule has 7 heteroatoms. The van der Waals surface area contributed by atoms with Gasteiger partial charge in [0, 0.05) is 19.3 Å². The van der Waals surface area contributed by atoms with E-state index in [9.17, 15) is 4.79 Å². The van der Waals surface area contributed by atoms with Crippen molar-refractivity contribution < 1.29 is 14.3 Å². The number of nitrogens with zero attached hydrogens (tertiary/aromatic N) is 2. The zero-order chi connectivity index (χ0) is 19.8. The molecule has 0 bridgehead atoms. The van der Waals surface area contributed by atoms with E-state index >= 15 is 0 Å². The van der Waals surface area contributed by atoms with Crippen LogP contribution >= 0.6 is 0 Å². The number of nitrogens with one attached hydrogen (secondary N) is 2. The summed E-state index contributed by atoms with van der Waals surface area (Å²) in [5, 5.41) is 10.7. The first-order valence-electron chi connectivity index (χ1n) is 10.0. The normalized spacial score (nSPS) is 16.6. The third kappa shape index (κ3) is 5.25. The zero-order valence-corrected chi connectivity index (χ0v) is 16.7. The topological polar surface area (TPSA) is 77.4 Å². The Hall–Kier alpha value is -2.54. The van der Waals surface area contributed by atoms with Crippen molar-refractivity contribution in [3.8, 4) is 11.5 Å². The van der Waals surface area contributed by atoms with Gasteiger partial charge >= 0.3 is 0 Å². The maximum atomic E-state index is 12.5. The third-order valence-corrected chi connectivity index (χ3v) is 4.92. The monoisotopic (exact) mass is 386 g/mol. The summed E-state index contributed by atoms with van der Waals surface area (Å²) in [5.74, 6) is 1.23. The molecular weight excluding hydrogens is 356 g/mol. The quantitative estimate of drug-likeness (QED) is 0.648. The lowest BCUT2D eigenvalue weighted by Crippen LogP contribution is -2.32. The van der Waals surface area contributed by atoms with Gasteiger partial charge in [-0.1, -0.05) is 19.4 Å². The summed E-state index contributed by atoms with van der Waals surface area (Å²) in [6.45, 7) is 5.15. The summed E-state index contributed by atoms with van der Waals surface area (Å²) < 4.78 is 13.1. The molecular formula is C21H30N4O3. The molecule has 2 N–H and O–H groups in total. The number of amides is 1. The Balaban J connectivity index is 1.56. The number of piperidine rings is 1. The van der Waals surface area contributed by atoms with Crippen molar-refractivity contribution >= 4 is 5.91 Å². The van der Waals surface area contributed by atoms with Crippen molar-refractivity contribution in [2.75, 3.05) is 26.8 Å². The van der Waals surface area contributed by atoms with Gasteiger partial charge in [-0.2, -0.15) is 5.10 Å². The molecule has 0 aliphatic carbocycles. The lowest BCUT2D eigenvalue weighted by molar-refractivity contribution is 0.0944. The lowest BCUT2D eigenvalue weighted by Gasteiger charge is -2.22. The number of aromatic nitrogens is 2. The fourth-order valence-electron chi connectivity index (χ4n) is 3.26. The van der Waals surface area contributed by atoms with Gasteiger partial charge in [0.05, 0.1) is 19.8 Å². The van der Waals surface area contributed by atoms with E-state index in [0.717, 1.165) is 50.1 Å². The minimum atomic E-state index is -0.176. The number of ether oxygens (including phenoxy) is 2. The van der Waals surface area contributed by atoms with Crippen molar-refractivity contribution in [2.24, 2.45) is 0 Å². The van der Waals surface area contributed by atoms with E-state index in [0.29, 0.717) is 30.6 Å². The van der Waals surface area contributed by atoms with Crippen LogP contribution in [0.1, 0.15) is 54.7 Å². The molecule has 1 aromatic heterocycles. The molecule has 2 heterocycles. The van der Waals surface area contributed by atoms with Crippen molar-refractivity contribution in [2.45, 2.75) is 45.2 Å². The van der Waals surface area contributed by atoms with Gasteiger partial charge in [-0.25, -0.2) is 0 Å². The summed E-state index contributed by atoms with van der Waals surface area (Å²) in [6.07, 6.45) is 6.19. The largest absolute Gasteiger partial charge is 0.493 e. The van der Waals surface area contributed by atoms with E-state index in [1.807, 2.05) is 29.1 Å². The summed E-state index contributed by atoms with van der Waals surface area (Å²) >= 11 is 0. The minimum absolute atomic E-state index is 0.176. The Bertz CT molecular complexity index is 769. The smallest absolute Gasteiger partial charge is 0.272 e. The Morgan fingerprint density at radius 2 is 2.25 bits per heavy atom. The average molecular weight is 386 g/mol. The number of hydrogen-bond acceptors (Lipinski definition) is 5. The highest BCUT2D eigenvalue weighted by Gasteiger charge is 2.17. The van der Waals surface area contributed by atoms with Gasteiger partial charge in [0.2, 0.25) is 0 Å². The van der Waals surface area contributed by atoms with E-state index in [2.05, 4.69) is 22.7 Å². The van der Waals surface area contributed by atoms with E-state index in [1.54, 1.807) is 13.2 Å². The predicted octanol–water partition coefficient (Wildman–Crippen LogP) is 2.93. The van der Waals surface area contributed by atoms with Crippen LogP contribution in [0, 0.1) is 0 Å². The maximum Gasteiger partial charge on any atom is 0.272 e. The van der Waals surface area contributed by atoms with E-state index in [4.69, 9.17) is 9.47 Å². The second kappa shape index (κ2) is 10.1. The van der Waals surface area contributed by atoms with Crippen molar-refractivity contribution in [3.63, 3.8) is 0 Å². The lowest BCUT2D eigenvalue weighted by atomic mass is 10.1. The fraction of sp³-hybridized carbons (Fsp3) is 0.524. The van der Waals surface area contributed by atoms with Crippen LogP contribution in [-0.2, 0) is 6.54 Å². The standard InChI is InChI=1S/C21H30N4O3/c1-3-4-12-28-19-8-7-16(13-20(19)27-2)14-23-21(26)18-9-11-25(24-18)17-6-5-10-22-15-17/h7-9,11,13,17,22H,3-6,10,12,14-15H2,1-2H3,(H,23,26). The van der Waals surface area contributed by atoms with Crippen LogP contribution in [0.15, 0.2) is 30.5 Å². The van der Waals surface area contributed by atoms with Crippen LogP contribution < -0.4 is 20.1 Å². The molecule has 2 aromatic rings. The molecule has 0 saturated carbocycles. The molecule has 1 fully saturated rings. The Kier molecular flexibility index (Phi) is 7.31. The van der Waals surface area contributed by atoms with Crippen molar-refractivity contribution in [3.05, 3.63) is 41.7 Å². The van der Waals surface area contributed by atoms with Crippen LogP contribution in [0.4, 0.5) is 0 Å². The Morgan fingerprint density at radius 3 is 3.00 bits per heavy atom. The molecule has 28 heavy (non-hydrogen) atoms. The molecule has 1 aromatic carbocycles. The molecule has 1 unspecified atom stereocenters. The van der Waals surface area contributed by atoms with Gasteiger partial charge in [0.15, 0.2) is 11.5 Å². The third-order valence-electron chi connectivity index (χ3n) is 4.92. The number of methoxy groups -OCH3 is 1. The fourth-order valence-corrected chi connectivity index (χ4v) is 3.26. The van der Waals surface area contributed by atoms with Gasteiger partial charge in [0.25, 0.3) is 5.91 Å². The molecule has 0 radical (unpaired) electrons. The first-order valence-corrected chi connectivity index (χ1v) is 10.0. The highest BCUT2D eigenvalue weighted by Crippen LogP contribution is 2.28. The van der Waals surface area contributed by atoms with Crippen molar-refractivity contribution in [1.82, 2.24) is 20.4 Å². The van der Waals surface area contributed by atoms with Crippen LogP contribution in [-0.4, -0.2) is 42.5 Å². The van der Waals surface area contributed by atoms with E-state index < -0.39 is 0 Å². The molecule has 7 nitrogen and oxygen atoms in total. The minimum Gasteiger partial charge on any atom is -0.493 e. The number of benzene rings is 1. The number of unbranched alkanes of at least 4 members (excludes halogenated alkanes) is 1. The maximum absolute atomic E-state index is 12.5. The summed E-state index contributed by atoms with van der Waals surface area (Å²) in [6, 6.07) is 7.82. The van der Waals surface area contributed by atoms with Gasteiger partial charge in [0.1, 0.15) is 5.69 Å². The summed E-state index contributed by atoms with van der Waals surface area (Å²) in [5.41, 5.74) is 1.39. The molecule has 1 aliphatic rings. The SMILES string of the molecule is CCCCOc1ccc(CNC(=O)c2ccn(C3CCCNC3)n2)cc1OC. The molecule has 1 atom stereocenters. The van der Waals surface area contributed by atoms with Gasteiger partial charge < -0.3 is 20.1 Å². The molecule has 1 amide bonds. The van der Waals surface area contributed by atoms with Crippen LogP contribution in [0.2, 0.25) is 0 Å². The second-order valence-corrected chi connectivity index (χ2v) is 7.05. The van der Waals surface area contributed by atoms with Crippen LogP contribution in [0.5, 0.6) is 11.5 Å². The number of rotatable bonds is 9. The van der Waals surface area contributed by atoms with Gasteiger partial charge in [-0.15, -0.1) is 0 Å². The number of carbonyl (C=O) groups is 1. The van der Waals surface area contributed by atoms with Crippen LogP contribution in [0.3, 0.4) is 0 Å². The molecule has 0 spiro atoms. The molecule has 152 valence electrons. The second-order valence-electron chi connectivity index (χ2n) is 7.05. The van der Waals surface area contributed by atoms with E-state index in [-0.39, 0.29) is 5.91 Å². The van der Waals surface area contributed by atoms with Gasteiger partial charge in [-0.3, -0.25) is 9.48 Å². The molecule has 3 rings (SSSR count). The Labute approximate surface area is 166 Å². The first kappa shape index (κ1) is 20.2. The molecule has 1 saturated heterocycles. The highest BCUT2D eigenvalue weighted by atomic mass is 16.5. The van der Waals surface area contributed by atoms with Gasteiger partial charge in [-0.05, 0) is 49.6 Å². The first-order chi connectivity index (χ1) is 13.7. The number of carbonyl (C=O) groups excluding carboxylic acids is 1. The molecule has 1 aliphatic heterocycles.